The van der Waals surface area contributed by atoms with Gasteiger partial charge in [0.2, 0.25) is 0 Å². The highest BCUT2D eigenvalue weighted by atomic mass is 33.1. The summed E-state index contributed by atoms with van der Waals surface area (Å²) in [6.45, 7) is 12.8. The van der Waals surface area contributed by atoms with E-state index in [0.717, 1.165) is 22.1 Å². The van der Waals surface area contributed by atoms with Crippen LogP contribution in [0, 0.1) is 12.7 Å². The minimum absolute atomic E-state index is 0.00578. The van der Waals surface area contributed by atoms with Crippen molar-refractivity contribution in [3.8, 4) is 11.4 Å². The fourth-order valence-corrected chi connectivity index (χ4v) is 10.1. The topological polar surface area (TPSA) is 158 Å². The van der Waals surface area contributed by atoms with E-state index in [1.807, 2.05) is 44.2 Å². The van der Waals surface area contributed by atoms with Crippen molar-refractivity contribution in [2.24, 2.45) is 0 Å². The average Bonchev–Trinajstić information content (AvgIpc) is 3.52. The molecule has 296 valence electrons. The Hall–Kier alpha value is -4.60. The van der Waals surface area contributed by atoms with Gasteiger partial charge in [0.15, 0.2) is 11.0 Å². The number of aliphatic hydroxyl groups is 1. The molecule has 3 aliphatic rings. The van der Waals surface area contributed by atoms with E-state index in [9.17, 15) is 24.3 Å². The van der Waals surface area contributed by atoms with Crippen molar-refractivity contribution in [1.82, 2.24) is 20.2 Å². The number of esters is 1. The second-order valence-electron chi connectivity index (χ2n) is 16.0. The number of pyridine rings is 2. The van der Waals surface area contributed by atoms with Gasteiger partial charge in [0.25, 0.3) is 5.56 Å². The molecule has 2 aromatic heterocycles. The van der Waals surface area contributed by atoms with E-state index in [0.29, 0.717) is 47.4 Å². The number of aryl methyl sites for hydroxylation is 1. The van der Waals surface area contributed by atoms with Crippen LogP contribution in [-0.2, 0) is 44.2 Å². The Morgan fingerprint density at radius 1 is 1.11 bits per heavy atom. The van der Waals surface area contributed by atoms with Crippen molar-refractivity contribution in [2.75, 3.05) is 6.54 Å². The molecule has 56 heavy (non-hydrogen) atoms. The molecule has 2 amide bonds. The van der Waals surface area contributed by atoms with Crippen molar-refractivity contribution in [3.05, 3.63) is 97.6 Å². The Morgan fingerprint density at radius 3 is 2.54 bits per heavy atom. The number of nitrogens with zero attached hydrogens (tertiary/aromatic N) is 2. The van der Waals surface area contributed by atoms with Crippen LogP contribution in [-0.4, -0.2) is 49.7 Å². The number of carbonyl (C=O) groups is 3. The summed E-state index contributed by atoms with van der Waals surface area (Å²) in [7, 11) is 2.81. The van der Waals surface area contributed by atoms with E-state index in [1.54, 1.807) is 40.7 Å². The Bertz CT molecular complexity index is 2330. The summed E-state index contributed by atoms with van der Waals surface area (Å²) in [5, 5.41) is 18.0. The van der Waals surface area contributed by atoms with Crippen molar-refractivity contribution in [2.45, 2.75) is 108 Å². The van der Waals surface area contributed by atoms with Crippen LogP contribution < -0.4 is 16.2 Å². The second-order valence-corrected chi connectivity index (χ2v) is 19.0. The van der Waals surface area contributed by atoms with E-state index in [1.165, 1.54) is 32.2 Å². The fraction of sp³-hybridized carbons (Fsp3) is 0.439. The number of ether oxygens (including phenoxy) is 3. The summed E-state index contributed by atoms with van der Waals surface area (Å²) < 4.78 is 33.2. The van der Waals surface area contributed by atoms with Gasteiger partial charge in [-0.05, 0) is 94.4 Å². The van der Waals surface area contributed by atoms with Gasteiger partial charge in [0.05, 0.1) is 35.1 Å². The van der Waals surface area contributed by atoms with Crippen LogP contribution in [0.5, 0.6) is 0 Å². The van der Waals surface area contributed by atoms with Crippen LogP contribution in [0.25, 0.3) is 22.3 Å². The van der Waals surface area contributed by atoms with Crippen molar-refractivity contribution < 1.29 is 38.1 Å². The number of fused-ring (bicyclic) bond motifs is 5. The number of amides is 2. The van der Waals surface area contributed by atoms with Gasteiger partial charge in [-0.3, -0.25) is 4.79 Å². The molecule has 15 heteroatoms. The van der Waals surface area contributed by atoms with Gasteiger partial charge in [-0.25, -0.2) is 23.8 Å². The lowest BCUT2D eigenvalue weighted by molar-refractivity contribution is -0.172. The first-order valence-corrected chi connectivity index (χ1v) is 20.8. The van der Waals surface area contributed by atoms with Crippen LogP contribution in [0.15, 0.2) is 47.3 Å². The molecule has 0 saturated heterocycles. The number of alkyl carbamates (subject to hydrolysis) is 2. The van der Waals surface area contributed by atoms with Crippen molar-refractivity contribution in [1.29, 1.82) is 0 Å². The molecule has 4 heterocycles. The van der Waals surface area contributed by atoms with Gasteiger partial charge in [-0.15, -0.1) is 0 Å². The zero-order valence-corrected chi connectivity index (χ0v) is 34.0. The molecule has 0 fully saturated rings. The van der Waals surface area contributed by atoms with Gasteiger partial charge in [0, 0.05) is 39.4 Å². The van der Waals surface area contributed by atoms with E-state index in [-0.39, 0.29) is 30.7 Å². The Kier molecular flexibility index (Phi) is 10.4. The van der Waals surface area contributed by atoms with E-state index < -0.39 is 57.0 Å². The molecule has 0 spiro atoms. The number of cyclic esters (lactones) is 1. The van der Waals surface area contributed by atoms with Crippen LogP contribution >= 0.6 is 21.6 Å². The van der Waals surface area contributed by atoms with E-state index in [2.05, 4.69) is 10.6 Å². The minimum Gasteiger partial charge on any atom is -0.458 e. The third-order valence-electron chi connectivity index (χ3n) is 10.4. The number of halogens is 1. The monoisotopic (exact) mass is 804 g/mol. The molecule has 2 aromatic carbocycles. The summed E-state index contributed by atoms with van der Waals surface area (Å²) in [6.07, 6.45) is -0.301. The average molecular weight is 805 g/mol. The lowest BCUT2D eigenvalue weighted by atomic mass is 9.81. The number of hydrogen-bond donors (Lipinski definition) is 3. The fourth-order valence-electron chi connectivity index (χ4n) is 7.53. The molecule has 4 aromatic rings. The number of nitrogens with one attached hydrogen (secondary N) is 2. The number of carbonyl (C=O) groups excluding carboxylic acids is 3. The molecule has 1 aliphatic carbocycles. The molecule has 0 radical (unpaired) electrons. The lowest BCUT2D eigenvalue weighted by Crippen LogP contribution is -2.44. The standard InChI is InChI=1S/C41H45FN4O8S2/c1-8-41(51)26-16-30-33-24(18-46(30)34(47)25(26)19-52-36(41)48)32-28(15-14-23-21(2)27(42)17-29(44-33)31(23)32)45-38(50)53-35(22-12-10-9-11-13-22)55-56-40(6,7)20-43-37(49)54-39(3,4)5/h9-13,16-17,28,35,51H,8,14-15,18-20H2,1-7H3,(H,43,49)(H,45,50)/t28-,35?,41-/m0/s1. The summed E-state index contributed by atoms with van der Waals surface area (Å²) in [6, 6.07) is 11.8. The Morgan fingerprint density at radius 2 is 1.84 bits per heavy atom. The van der Waals surface area contributed by atoms with Gasteiger partial charge < -0.3 is 34.5 Å². The van der Waals surface area contributed by atoms with Crippen LogP contribution in [0.2, 0.25) is 0 Å². The van der Waals surface area contributed by atoms with Crippen molar-refractivity contribution >= 4 is 50.6 Å². The highest BCUT2D eigenvalue weighted by Gasteiger charge is 2.46. The maximum atomic E-state index is 15.4. The molecule has 1 unspecified atom stereocenters. The first-order chi connectivity index (χ1) is 26.4. The molecule has 3 atom stereocenters. The number of rotatable bonds is 9. The maximum Gasteiger partial charge on any atom is 0.409 e. The summed E-state index contributed by atoms with van der Waals surface area (Å²) in [5.41, 5.74) is 1.21. The van der Waals surface area contributed by atoms with Crippen LogP contribution in [0.4, 0.5) is 14.0 Å². The first kappa shape index (κ1) is 39.6. The van der Waals surface area contributed by atoms with Gasteiger partial charge in [0.1, 0.15) is 18.0 Å². The Labute approximate surface area is 331 Å². The van der Waals surface area contributed by atoms with Crippen LogP contribution in [0.3, 0.4) is 0 Å². The summed E-state index contributed by atoms with van der Waals surface area (Å²) >= 11 is 0. The third-order valence-corrected chi connectivity index (χ3v) is 13.8. The third kappa shape index (κ3) is 7.36. The van der Waals surface area contributed by atoms with Crippen molar-refractivity contribution in [3.63, 3.8) is 0 Å². The Balaban J connectivity index is 1.20. The molecular weight excluding hydrogens is 760 g/mol. The molecular formula is C41H45FN4O8S2. The predicted molar refractivity (Wildman–Crippen MR) is 213 cm³/mol. The molecule has 3 N–H and O–H groups in total. The highest BCUT2D eigenvalue weighted by Crippen LogP contribution is 2.48. The largest absolute Gasteiger partial charge is 0.458 e. The quantitative estimate of drug-likeness (QED) is 0.0583. The van der Waals surface area contributed by atoms with Crippen LogP contribution in [0.1, 0.15) is 105 Å². The number of hydrogen-bond acceptors (Lipinski definition) is 11. The maximum absolute atomic E-state index is 15.4. The summed E-state index contributed by atoms with van der Waals surface area (Å²) in [4.78, 5) is 57.9. The van der Waals surface area contributed by atoms with Gasteiger partial charge in [-0.1, -0.05) is 48.0 Å². The van der Waals surface area contributed by atoms with E-state index >= 15 is 4.39 Å². The van der Waals surface area contributed by atoms with Gasteiger partial charge in [-0.2, -0.15) is 0 Å². The first-order valence-electron chi connectivity index (χ1n) is 18.6. The number of benzene rings is 2. The molecule has 2 aliphatic heterocycles. The molecule has 0 bridgehead atoms. The zero-order valence-electron chi connectivity index (χ0n) is 32.3. The minimum atomic E-state index is -2.00. The van der Waals surface area contributed by atoms with Gasteiger partial charge >= 0.3 is 18.2 Å². The molecule has 0 saturated carbocycles. The second kappa shape index (κ2) is 14.7. The zero-order chi connectivity index (χ0) is 40.3. The SMILES string of the molecule is CC[C@@]1(O)C(=O)OCc2c1cc1n(c2=O)Cc2c-1nc1cc(F)c(C)c3c1c2[C@@H](NC(=O)OC(SSC(C)(C)CNC(=O)OC(C)(C)C)c1ccccc1)CC3. The summed E-state index contributed by atoms with van der Waals surface area (Å²) in [5.74, 6) is -1.24. The lowest BCUT2D eigenvalue weighted by Gasteiger charge is -2.31. The predicted octanol–water partition coefficient (Wildman–Crippen LogP) is 7.62. The smallest absolute Gasteiger partial charge is 0.409 e. The van der Waals surface area contributed by atoms with E-state index in [4.69, 9.17) is 19.2 Å². The molecule has 12 nitrogen and oxygen atoms in total. The molecule has 7 rings (SSSR count). The number of aromatic nitrogens is 2. The highest BCUT2D eigenvalue weighted by molar-refractivity contribution is 8.77. The normalized spacial score (nSPS) is 19.0.